The van der Waals surface area contributed by atoms with Crippen molar-refractivity contribution in [3.63, 3.8) is 0 Å². The number of hydrogen-bond acceptors (Lipinski definition) is 22. The first-order chi connectivity index (χ1) is 37.7. The number of carboxylic acids is 1. The van der Waals surface area contributed by atoms with Crippen LogP contribution in [0.3, 0.4) is 0 Å². The fourth-order valence-electron chi connectivity index (χ4n) is 7.35. The monoisotopic (exact) mass is 1100 g/mol. The van der Waals surface area contributed by atoms with Crippen LogP contribution >= 0.6 is 23.5 Å². The Morgan fingerprint density at radius 2 is 0.936 bits per heavy atom. The number of primary amides is 2. The van der Waals surface area contributed by atoms with Crippen LogP contribution in [0.5, 0.6) is 0 Å². The lowest BCUT2D eigenvalue weighted by Gasteiger charge is -2.29. The molecule has 6 heterocycles. The Morgan fingerprint density at radius 3 is 1.32 bits per heavy atom. The van der Waals surface area contributed by atoms with Gasteiger partial charge < -0.3 is 43.6 Å². The zero-order valence-corrected chi connectivity index (χ0v) is 42.6. The highest BCUT2D eigenvalue weighted by Crippen LogP contribution is 2.28. The van der Waals surface area contributed by atoms with Gasteiger partial charge >= 0.3 is 5.97 Å². The predicted molar refractivity (Wildman–Crippen MR) is 281 cm³/mol. The SMILES string of the molecule is CSc1ncc(C(=O)O)c(Nc2ccc(F)c(-n3nccn3)c2)n1.CSc1ncc(C(N)=O)c(Nc2ccc(F)c(-n3nccn3)c2)n1.NC(=O)c1cnc(N[C@@H]2CCCC[C@@H]2N)nc1Nc1ccc(F)c(-n2nccn2)c1. The van der Waals surface area contributed by atoms with E-state index in [4.69, 9.17) is 17.2 Å². The molecule has 78 heavy (non-hydrogen) atoms. The molecule has 1 aliphatic rings. The number of amides is 2. The topological polar surface area (TPSA) is 367 Å². The van der Waals surface area contributed by atoms with Crippen LogP contribution in [0.4, 0.5) is 53.6 Å². The molecule has 0 spiro atoms. The van der Waals surface area contributed by atoms with Gasteiger partial charge in [-0.1, -0.05) is 36.4 Å². The van der Waals surface area contributed by atoms with E-state index in [-0.39, 0.29) is 63.3 Å². The molecule has 11 N–H and O–H groups in total. The summed E-state index contributed by atoms with van der Waals surface area (Å²) in [7, 11) is 0. The van der Waals surface area contributed by atoms with Crippen molar-refractivity contribution in [2.75, 3.05) is 33.8 Å². The van der Waals surface area contributed by atoms with Gasteiger partial charge in [-0.2, -0.15) is 35.6 Å². The highest BCUT2D eigenvalue weighted by Gasteiger charge is 2.24. The number of anilines is 7. The summed E-state index contributed by atoms with van der Waals surface area (Å²) in [6.45, 7) is 0. The number of nitrogens with two attached hydrogens (primary N) is 3. The lowest BCUT2D eigenvalue weighted by atomic mass is 9.91. The molecule has 1 saturated carbocycles. The van der Waals surface area contributed by atoms with Crippen molar-refractivity contribution in [1.29, 1.82) is 0 Å². The number of benzene rings is 3. The second-order valence-corrected chi connectivity index (χ2v) is 17.8. The second kappa shape index (κ2) is 25.3. The Bertz CT molecular complexity index is 3400. The fraction of sp³-hybridized carbons (Fsp3) is 0.170. The molecular weight excluding hydrogens is 1060 g/mol. The minimum absolute atomic E-state index is 0.0100. The number of hydrogen-bond donors (Lipinski definition) is 8. The van der Waals surface area contributed by atoms with Crippen molar-refractivity contribution in [2.45, 2.75) is 48.1 Å². The smallest absolute Gasteiger partial charge is 0.341 e. The van der Waals surface area contributed by atoms with E-state index in [0.717, 1.165) is 40.1 Å². The number of halogens is 3. The molecule has 0 unspecified atom stereocenters. The lowest BCUT2D eigenvalue weighted by molar-refractivity contribution is 0.0696. The summed E-state index contributed by atoms with van der Waals surface area (Å²) in [6, 6.07) is 12.8. The summed E-state index contributed by atoms with van der Waals surface area (Å²) >= 11 is 2.60. The number of nitrogens with one attached hydrogen (secondary N) is 4. The molecule has 26 nitrogen and oxygen atoms in total. The summed E-state index contributed by atoms with van der Waals surface area (Å²) in [5.41, 5.74) is 19.0. The van der Waals surface area contributed by atoms with Crippen LogP contribution in [0.15, 0.2) is 121 Å². The molecular formula is C47H45F3N22O4S2. The van der Waals surface area contributed by atoms with Crippen molar-refractivity contribution < 1.29 is 32.7 Å². The van der Waals surface area contributed by atoms with Crippen LogP contribution in [0, 0.1) is 17.5 Å². The van der Waals surface area contributed by atoms with Gasteiger partial charge in [-0.05, 0) is 80.0 Å². The van der Waals surface area contributed by atoms with Crippen molar-refractivity contribution in [1.82, 2.24) is 74.9 Å². The molecule has 9 aromatic rings. The van der Waals surface area contributed by atoms with Gasteiger partial charge in [-0.15, -0.1) is 14.4 Å². The predicted octanol–water partition coefficient (Wildman–Crippen LogP) is 5.84. The first kappa shape index (κ1) is 54.6. The fourth-order valence-corrected chi connectivity index (χ4v) is 8.03. The summed E-state index contributed by atoms with van der Waals surface area (Å²) in [5, 5.41) is 45.7. The molecule has 1 aliphatic carbocycles. The average molecular weight is 1100 g/mol. The van der Waals surface area contributed by atoms with E-state index in [9.17, 15) is 32.7 Å². The molecule has 400 valence electrons. The van der Waals surface area contributed by atoms with Crippen LogP contribution in [0.1, 0.15) is 56.8 Å². The first-order valence-electron chi connectivity index (χ1n) is 23.0. The Kier molecular flexibility index (Phi) is 17.7. The van der Waals surface area contributed by atoms with Crippen LogP contribution in [-0.2, 0) is 0 Å². The van der Waals surface area contributed by atoms with Gasteiger partial charge in [0.15, 0.2) is 27.8 Å². The number of rotatable bonds is 16. The van der Waals surface area contributed by atoms with Gasteiger partial charge in [-0.3, -0.25) is 9.59 Å². The maximum atomic E-state index is 14.2. The Balaban J connectivity index is 0.000000156. The number of aromatic carboxylic acids is 1. The summed E-state index contributed by atoms with van der Waals surface area (Å²) in [5.74, 6) is -3.11. The third-order valence-electron chi connectivity index (χ3n) is 11.1. The molecule has 31 heteroatoms. The number of aromatic nitrogens is 15. The van der Waals surface area contributed by atoms with Crippen LogP contribution in [-0.4, -0.2) is 122 Å². The Labute approximate surface area is 448 Å². The highest BCUT2D eigenvalue weighted by atomic mass is 32.2. The van der Waals surface area contributed by atoms with E-state index in [0.29, 0.717) is 33.3 Å². The number of nitrogens with zero attached hydrogens (tertiary/aromatic N) is 15. The normalized spacial score (nSPS) is 13.7. The average Bonchev–Trinajstić information content (AvgIpc) is 4.29. The van der Waals surface area contributed by atoms with Crippen molar-refractivity contribution in [3.8, 4) is 17.1 Å². The molecule has 0 aliphatic heterocycles. The minimum atomic E-state index is -1.17. The van der Waals surface area contributed by atoms with Gasteiger partial charge in [0.1, 0.15) is 51.2 Å². The Hall–Kier alpha value is -9.62. The molecule has 0 saturated heterocycles. The van der Waals surface area contributed by atoms with Crippen molar-refractivity contribution >= 4 is 81.8 Å². The third kappa shape index (κ3) is 13.6. The van der Waals surface area contributed by atoms with Gasteiger partial charge in [0, 0.05) is 47.7 Å². The van der Waals surface area contributed by atoms with Gasteiger partial charge in [0.05, 0.1) is 37.2 Å². The molecule has 0 radical (unpaired) electrons. The zero-order valence-electron chi connectivity index (χ0n) is 40.9. The van der Waals surface area contributed by atoms with E-state index in [1.807, 2.05) is 6.26 Å². The molecule has 3 aromatic carbocycles. The first-order valence-corrected chi connectivity index (χ1v) is 25.5. The number of carbonyl (C=O) groups is 3. The molecule has 2 atom stereocenters. The van der Waals surface area contributed by atoms with E-state index >= 15 is 0 Å². The minimum Gasteiger partial charge on any atom is -0.477 e. The van der Waals surface area contributed by atoms with Gasteiger partial charge in [0.2, 0.25) is 5.95 Å². The van der Waals surface area contributed by atoms with E-state index in [1.165, 1.54) is 134 Å². The van der Waals surface area contributed by atoms with Crippen molar-refractivity contribution in [2.24, 2.45) is 17.2 Å². The van der Waals surface area contributed by atoms with Gasteiger partial charge in [-0.25, -0.2) is 42.9 Å². The third-order valence-corrected chi connectivity index (χ3v) is 12.2. The van der Waals surface area contributed by atoms with E-state index in [1.54, 1.807) is 6.26 Å². The zero-order chi connectivity index (χ0) is 55.3. The second-order valence-electron chi connectivity index (χ2n) is 16.3. The van der Waals surface area contributed by atoms with Crippen LogP contribution in [0.25, 0.3) is 17.1 Å². The number of thioether (sulfide) groups is 2. The lowest BCUT2D eigenvalue weighted by Crippen LogP contribution is -2.43. The number of carbonyl (C=O) groups excluding carboxylic acids is 2. The standard InChI is InChI=1S/C19H22FN9O.C14H12FN7OS.C14H11FN6O2S/c20-13-6-5-11(9-16(13)29-24-7-8-25-29)26-18-12(17(22)30)10-23-19(28-18)27-15-4-2-1-3-14(15)21;1-24-14-17-7-9(12(16)23)13(21-14)20-8-2-3-10(15)11(6-8)22-18-4-5-19-22;1-24-14-16-7-9(13(22)23)12(20-14)19-8-2-3-10(15)11(6-8)21-17-4-5-18-21/h5-10,14-15H,1-4,21H2,(H2,22,30)(H2,23,26,27,28);2-7H,1H3,(H2,16,23)(H,17,20,21);2-7H,1H3,(H,22,23)(H,16,19,20)/t14-,15+;;/m0../s1. The van der Waals surface area contributed by atoms with E-state index < -0.39 is 35.2 Å². The van der Waals surface area contributed by atoms with E-state index in [2.05, 4.69) is 81.8 Å². The number of carboxylic acid groups (broad SMARTS) is 1. The van der Waals surface area contributed by atoms with Crippen LogP contribution < -0.4 is 38.5 Å². The maximum absolute atomic E-state index is 14.2. The summed E-state index contributed by atoms with van der Waals surface area (Å²) in [4.78, 5) is 63.1. The highest BCUT2D eigenvalue weighted by molar-refractivity contribution is 7.98. The molecule has 0 bridgehead atoms. The van der Waals surface area contributed by atoms with Crippen LogP contribution in [0.2, 0.25) is 0 Å². The summed E-state index contributed by atoms with van der Waals surface area (Å²) < 4.78 is 42.1. The molecule has 1 fully saturated rings. The maximum Gasteiger partial charge on any atom is 0.341 e. The summed E-state index contributed by atoms with van der Waals surface area (Å²) in [6.07, 6.45) is 20.2. The van der Waals surface area contributed by atoms with Gasteiger partial charge in [0.25, 0.3) is 11.8 Å². The quantitative estimate of drug-likeness (QED) is 0.0416. The Morgan fingerprint density at radius 1 is 0.564 bits per heavy atom. The molecule has 2 amide bonds. The van der Waals surface area contributed by atoms with Crippen molar-refractivity contribution in [3.05, 3.63) is 145 Å². The largest absolute Gasteiger partial charge is 0.477 e. The molecule has 6 aromatic heterocycles. The molecule has 10 rings (SSSR count).